The van der Waals surface area contributed by atoms with Crippen molar-refractivity contribution in [1.29, 1.82) is 0 Å². The number of hydrogen-bond acceptors (Lipinski definition) is 3. The predicted molar refractivity (Wildman–Crippen MR) is 71.2 cm³/mol. The minimum atomic E-state index is 0.776. The van der Waals surface area contributed by atoms with E-state index >= 15 is 0 Å². The van der Waals surface area contributed by atoms with Crippen LogP contribution in [0.25, 0.3) is 0 Å². The van der Waals surface area contributed by atoms with Gasteiger partial charge in [0.25, 0.3) is 0 Å². The van der Waals surface area contributed by atoms with Gasteiger partial charge in [0.15, 0.2) is 0 Å². The third-order valence-corrected chi connectivity index (χ3v) is 4.13. The Bertz CT molecular complexity index is 284. The first-order valence-corrected chi connectivity index (χ1v) is 7.30. The van der Waals surface area contributed by atoms with E-state index < -0.39 is 0 Å². The Hall–Kier alpha value is -0.380. The molecule has 90 valence electrons. The molecule has 0 bridgehead atoms. The first-order valence-electron chi connectivity index (χ1n) is 6.36. The van der Waals surface area contributed by atoms with E-state index in [9.17, 15) is 0 Å². The minimum Gasteiger partial charge on any atom is -0.315 e. The number of likely N-dealkylation sites (N-methyl/N-ethyl adjacent to an activating group) is 1. The molecule has 0 saturated carbocycles. The first kappa shape index (κ1) is 12.1. The van der Waals surface area contributed by atoms with Gasteiger partial charge in [-0.1, -0.05) is 6.92 Å². The molecule has 1 aliphatic rings. The van der Waals surface area contributed by atoms with Crippen LogP contribution in [0.1, 0.15) is 25.3 Å². The van der Waals surface area contributed by atoms with E-state index in [0.717, 1.165) is 12.6 Å². The van der Waals surface area contributed by atoms with Gasteiger partial charge in [-0.15, -0.1) is 0 Å². The van der Waals surface area contributed by atoms with Crippen molar-refractivity contribution >= 4 is 11.3 Å². The average Bonchev–Trinajstić information content (AvgIpc) is 2.94. The SMILES string of the molecule is CCNCC1CCCN1CCc1ccsc1. The van der Waals surface area contributed by atoms with Crippen LogP contribution in [0.4, 0.5) is 0 Å². The Morgan fingerprint density at radius 2 is 2.50 bits per heavy atom. The van der Waals surface area contributed by atoms with E-state index in [0.29, 0.717) is 0 Å². The highest BCUT2D eigenvalue weighted by Crippen LogP contribution is 2.17. The zero-order valence-corrected chi connectivity index (χ0v) is 10.9. The molecule has 0 aromatic carbocycles. The molecule has 2 rings (SSSR count). The van der Waals surface area contributed by atoms with Gasteiger partial charge in [0.05, 0.1) is 0 Å². The van der Waals surface area contributed by atoms with Crippen molar-refractivity contribution in [2.75, 3.05) is 26.2 Å². The lowest BCUT2D eigenvalue weighted by Gasteiger charge is -2.24. The second-order valence-electron chi connectivity index (χ2n) is 4.52. The summed E-state index contributed by atoms with van der Waals surface area (Å²) < 4.78 is 0. The molecule has 1 aromatic heterocycles. The van der Waals surface area contributed by atoms with Crippen molar-refractivity contribution in [3.05, 3.63) is 22.4 Å². The van der Waals surface area contributed by atoms with E-state index in [2.05, 4.69) is 34.0 Å². The fourth-order valence-electron chi connectivity index (χ4n) is 2.44. The van der Waals surface area contributed by atoms with Crippen LogP contribution in [0, 0.1) is 0 Å². The maximum atomic E-state index is 3.47. The fraction of sp³-hybridized carbons (Fsp3) is 0.692. The highest BCUT2D eigenvalue weighted by molar-refractivity contribution is 7.07. The highest BCUT2D eigenvalue weighted by Gasteiger charge is 2.23. The molecule has 0 radical (unpaired) electrons. The van der Waals surface area contributed by atoms with Gasteiger partial charge in [-0.25, -0.2) is 0 Å². The van der Waals surface area contributed by atoms with Gasteiger partial charge in [0.1, 0.15) is 0 Å². The van der Waals surface area contributed by atoms with Gasteiger partial charge in [-0.2, -0.15) is 11.3 Å². The van der Waals surface area contributed by atoms with E-state index in [4.69, 9.17) is 0 Å². The summed E-state index contributed by atoms with van der Waals surface area (Å²) in [5.74, 6) is 0. The number of hydrogen-bond donors (Lipinski definition) is 1. The predicted octanol–water partition coefficient (Wildman–Crippen LogP) is 2.36. The summed E-state index contributed by atoms with van der Waals surface area (Å²) in [6.45, 7) is 6.96. The van der Waals surface area contributed by atoms with Gasteiger partial charge in [0, 0.05) is 19.1 Å². The lowest BCUT2D eigenvalue weighted by Crippen LogP contribution is -2.38. The summed E-state index contributed by atoms with van der Waals surface area (Å²) in [6.07, 6.45) is 3.96. The normalized spacial score (nSPS) is 21.7. The van der Waals surface area contributed by atoms with Crippen molar-refractivity contribution in [3.8, 4) is 0 Å². The zero-order chi connectivity index (χ0) is 11.2. The Morgan fingerprint density at radius 3 is 3.25 bits per heavy atom. The molecule has 1 unspecified atom stereocenters. The molecule has 0 amide bonds. The smallest absolute Gasteiger partial charge is 0.0221 e. The molecule has 2 nitrogen and oxygen atoms in total. The molecule has 0 spiro atoms. The number of nitrogens with zero attached hydrogens (tertiary/aromatic N) is 1. The maximum absolute atomic E-state index is 3.47. The lowest BCUT2D eigenvalue weighted by molar-refractivity contribution is 0.251. The molecule has 16 heavy (non-hydrogen) atoms. The average molecular weight is 238 g/mol. The van der Waals surface area contributed by atoms with Gasteiger partial charge < -0.3 is 5.32 Å². The van der Waals surface area contributed by atoms with Crippen LogP contribution < -0.4 is 5.32 Å². The van der Waals surface area contributed by atoms with Crippen LogP contribution in [0.15, 0.2) is 16.8 Å². The molecule has 2 heterocycles. The van der Waals surface area contributed by atoms with Crippen molar-refractivity contribution in [3.63, 3.8) is 0 Å². The largest absolute Gasteiger partial charge is 0.315 e. The van der Waals surface area contributed by atoms with Gasteiger partial charge in [-0.05, 0) is 54.7 Å². The standard InChI is InChI=1S/C13H22N2S/c1-2-14-10-13-4-3-7-15(13)8-5-12-6-9-16-11-12/h6,9,11,13-14H,2-5,7-8,10H2,1H3. The van der Waals surface area contributed by atoms with Crippen molar-refractivity contribution in [2.45, 2.75) is 32.2 Å². The first-order chi connectivity index (χ1) is 7.90. The topological polar surface area (TPSA) is 15.3 Å². The second kappa shape index (κ2) is 6.38. The summed E-state index contributed by atoms with van der Waals surface area (Å²) in [7, 11) is 0. The molecular formula is C13H22N2S. The molecule has 3 heteroatoms. The number of likely N-dealkylation sites (tertiary alicyclic amines) is 1. The number of rotatable bonds is 6. The fourth-order valence-corrected chi connectivity index (χ4v) is 3.14. The Balaban J connectivity index is 1.75. The molecule has 1 saturated heterocycles. The molecule has 1 N–H and O–H groups in total. The van der Waals surface area contributed by atoms with E-state index in [-0.39, 0.29) is 0 Å². The number of nitrogens with one attached hydrogen (secondary N) is 1. The van der Waals surface area contributed by atoms with Crippen molar-refractivity contribution < 1.29 is 0 Å². The summed E-state index contributed by atoms with van der Waals surface area (Å²) >= 11 is 1.81. The molecular weight excluding hydrogens is 216 g/mol. The van der Waals surface area contributed by atoms with Gasteiger partial charge in [0.2, 0.25) is 0 Å². The van der Waals surface area contributed by atoms with Crippen molar-refractivity contribution in [2.24, 2.45) is 0 Å². The van der Waals surface area contributed by atoms with E-state index in [1.807, 2.05) is 0 Å². The van der Waals surface area contributed by atoms with Crippen LogP contribution in [-0.4, -0.2) is 37.1 Å². The van der Waals surface area contributed by atoms with Crippen LogP contribution >= 0.6 is 11.3 Å². The zero-order valence-electron chi connectivity index (χ0n) is 10.1. The van der Waals surface area contributed by atoms with Crippen LogP contribution in [-0.2, 0) is 6.42 Å². The van der Waals surface area contributed by atoms with Gasteiger partial charge in [-0.3, -0.25) is 4.90 Å². The minimum absolute atomic E-state index is 0.776. The third-order valence-electron chi connectivity index (χ3n) is 3.40. The number of thiophene rings is 1. The highest BCUT2D eigenvalue weighted by atomic mass is 32.1. The quantitative estimate of drug-likeness (QED) is 0.818. The van der Waals surface area contributed by atoms with E-state index in [1.54, 1.807) is 11.3 Å². The van der Waals surface area contributed by atoms with Gasteiger partial charge >= 0.3 is 0 Å². The monoisotopic (exact) mass is 238 g/mol. The Labute approximate surface area is 103 Å². The molecule has 0 aliphatic carbocycles. The summed E-state index contributed by atoms with van der Waals surface area (Å²) in [6, 6.07) is 3.03. The Kier molecular flexibility index (Phi) is 4.82. The molecule has 1 fully saturated rings. The lowest BCUT2D eigenvalue weighted by atomic mass is 10.2. The maximum Gasteiger partial charge on any atom is 0.0221 e. The molecule has 1 atom stereocenters. The molecule has 1 aliphatic heterocycles. The summed E-state index contributed by atoms with van der Waals surface area (Å²) in [5.41, 5.74) is 1.50. The van der Waals surface area contributed by atoms with Crippen LogP contribution in [0.5, 0.6) is 0 Å². The molecule has 1 aromatic rings. The summed E-state index contributed by atoms with van der Waals surface area (Å²) in [4.78, 5) is 2.65. The van der Waals surface area contributed by atoms with E-state index in [1.165, 1.54) is 44.5 Å². The Morgan fingerprint density at radius 1 is 1.56 bits per heavy atom. The van der Waals surface area contributed by atoms with Crippen LogP contribution in [0.3, 0.4) is 0 Å². The third kappa shape index (κ3) is 3.30. The second-order valence-corrected chi connectivity index (χ2v) is 5.30. The van der Waals surface area contributed by atoms with Crippen molar-refractivity contribution in [1.82, 2.24) is 10.2 Å². The van der Waals surface area contributed by atoms with Crippen LogP contribution in [0.2, 0.25) is 0 Å². The summed E-state index contributed by atoms with van der Waals surface area (Å²) in [5, 5.41) is 7.92.